The van der Waals surface area contributed by atoms with Crippen molar-refractivity contribution in [3.05, 3.63) is 34.6 Å². The van der Waals surface area contributed by atoms with E-state index in [1.807, 2.05) is 0 Å². The van der Waals surface area contributed by atoms with E-state index in [9.17, 15) is 22.4 Å². The second-order valence-electron chi connectivity index (χ2n) is 4.87. The lowest BCUT2D eigenvalue weighted by atomic mass is 10.2. The van der Waals surface area contributed by atoms with Crippen LogP contribution in [-0.2, 0) is 19.4 Å². The van der Waals surface area contributed by atoms with E-state index in [0.717, 1.165) is 12.1 Å². The molecule has 1 saturated heterocycles. The molecule has 1 N–H and O–H groups in total. The molecule has 0 spiro atoms. The fraction of sp³-hybridized carbons (Fsp3) is 0.385. The number of benzene rings is 1. The van der Waals surface area contributed by atoms with Gasteiger partial charge >= 0.3 is 5.97 Å². The predicted octanol–water partition coefficient (Wildman–Crippen LogP) is 0.939. The molecule has 0 aliphatic carbocycles. The molecular weight excluding hydrogens is 337 g/mol. The number of hydrogen-bond donors (Lipinski definition) is 1. The number of rotatable bonds is 4. The Kier molecular flexibility index (Phi) is 5.02. The molecule has 1 heterocycles. The molecule has 0 saturated carbocycles. The van der Waals surface area contributed by atoms with Gasteiger partial charge in [0.2, 0.25) is 0 Å². The van der Waals surface area contributed by atoms with Crippen molar-refractivity contribution >= 4 is 33.3 Å². The number of carbonyl (C=O) groups excluding carboxylic acids is 2. The number of hydrogen-bond acceptors (Lipinski definition) is 5. The Morgan fingerprint density at radius 3 is 2.77 bits per heavy atom. The van der Waals surface area contributed by atoms with Crippen LogP contribution in [0.25, 0.3) is 0 Å². The van der Waals surface area contributed by atoms with E-state index in [-0.39, 0.29) is 22.1 Å². The Morgan fingerprint density at radius 2 is 2.14 bits per heavy atom. The number of ether oxygens (including phenoxy) is 1. The Balaban J connectivity index is 1.86. The molecule has 0 radical (unpaired) electrons. The highest BCUT2D eigenvalue weighted by molar-refractivity contribution is 7.91. The molecule has 1 aromatic carbocycles. The number of sulfone groups is 1. The van der Waals surface area contributed by atoms with Gasteiger partial charge in [-0.3, -0.25) is 4.79 Å². The van der Waals surface area contributed by atoms with Gasteiger partial charge in [0.05, 0.1) is 17.1 Å². The van der Waals surface area contributed by atoms with Gasteiger partial charge in [0.15, 0.2) is 16.4 Å². The fourth-order valence-corrected chi connectivity index (χ4v) is 3.89. The Bertz CT molecular complexity index is 706. The van der Waals surface area contributed by atoms with Gasteiger partial charge in [-0.2, -0.15) is 0 Å². The summed E-state index contributed by atoms with van der Waals surface area (Å²) in [4.78, 5) is 23.3. The Hall–Kier alpha value is -1.67. The van der Waals surface area contributed by atoms with Crippen molar-refractivity contribution < 1.29 is 27.1 Å². The first-order chi connectivity index (χ1) is 10.3. The largest absolute Gasteiger partial charge is 0.452 e. The highest BCUT2D eigenvalue weighted by Gasteiger charge is 2.29. The van der Waals surface area contributed by atoms with E-state index >= 15 is 0 Å². The van der Waals surface area contributed by atoms with Crippen LogP contribution in [0.5, 0.6) is 0 Å². The number of esters is 1. The van der Waals surface area contributed by atoms with Gasteiger partial charge in [-0.1, -0.05) is 11.6 Å². The van der Waals surface area contributed by atoms with Crippen molar-refractivity contribution in [1.29, 1.82) is 0 Å². The second-order valence-corrected chi connectivity index (χ2v) is 7.53. The molecule has 22 heavy (non-hydrogen) atoms. The Labute approximate surface area is 131 Å². The maximum Gasteiger partial charge on any atom is 0.341 e. The molecule has 1 aliphatic rings. The minimum Gasteiger partial charge on any atom is -0.452 e. The first-order valence-electron chi connectivity index (χ1n) is 6.39. The molecule has 0 unspecified atom stereocenters. The third-order valence-electron chi connectivity index (χ3n) is 3.08. The summed E-state index contributed by atoms with van der Waals surface area (Å²) in [5, 5.41) is 2.61. The molecule has 1 amide bonds. The molecule has 0 bridgehead atoms. The lowest BCUT2D eigenvalue weighted by Crippen LogP contribution is -2.38. The molecular formula is C13H13ClFNO5S. The van der Waals surface area contributed by atoms with Crippen LogP contribution in [0.2, 0.25) is 5.02 Å². The van der Waals surface area contributed by atoms with Crippen molar-refractivity contribution in [3.8, 4) is 0 Å². The highest BCUT2D eigenvalue weighted by atomic mass is 35.5. The summed E-state index contributed by atoms with van der Waals surface area (Å²) >= 11 is 5.65. The van der Waals surface area contributed by atoms with Gasteiger partial charge in [0.25, 0.3) is 5.91 Å². The first-order valence-corrected chi connectivity index (χ1v) is 8.59. The second kappa shape index (κ2) is 6.62. The van der Waals surface area contributed by atoms with Crippen LogP contribution in [0.4, 0.5) is 4.39 Å². The SMILES string of the molecule is O=C(COC(=O)c1cc(Cl)ccc1F)N[C@@H]1CCS(=O)(=O)C1. The summed E-state index contributed by atoms with van der Waals surface area (Å²) in [5.74, 6) is -2.58. The summed E-state index contributed by atoms with van der Waals surface area (Å²) in [5.41, 5.74) is -0.372. The molecule has 6 nitrogen and oxygen atoms in total. The average Bonchev–Trinajstić information content (AvgIpc) is 2.78. The minimum absolute atomic E-state index is 0.0193. The van der Waals surface area contributed by atoms with Gasteiger partial charge in [-0.05, 0) is 24.6 Å². The van der Waals surface area contributed by atoms with Crippen molar-refractivity contribution in [1.82, 2.24) is 5.32 Å². The number of carbonyl (C=O) groups is 2. The monoisotopic (exact) mass is 349 g/mol. The van der Waals surface area contributed by atoms with Crippen molar-refractivity contribution in [2.75, 3.05) is 18.1 Å². The van der Waals surface area contributed by atoms with E-state index in [1.54, 1.807) is 0 Å². The predicted molar refractivity (Wildman–Crippen MR) is 76.9 cm³/mol. The molecule has 120 valence electrons. The average molecular weight is 350 g/mol. The van der Waals surface area contributed by atoms with E-state index in [4.69, 9.17) is 11.6 Å². The van der Waals surface area contributed by atoms with Gasteiger partial charge in [0.1, 0.15) is 5.82 Å². The van der Waals surface area contributed by atoms with Crippen LogP contribution in [0.1, 0.15) is 16.8 Å². The van der Waals surface area contributed by atoms with Gasteiger partial charge < -0.3 is 10.1 Å². The number of amides is 1. The summed E-state index contributed by atoms with van der Waals surface area (Å²) < 4.78 is 40.6. The quantitative estimate of drug-likeness (QED) is 0.817. The zero-order chi connectivity index (χ0) is 16.3. The third-order valence-corrected chi connectivity index (χ3v) is 5.08. The summed E-state index contributed by atoms with van der Waals surface area (Å²) in [6, 6.07) is 2.91. The van der Waals surface area contributed by atoms with Crippen LogP contribution < -0.4 is 5.32 Å². The third kappa shape index (κ3) is 4.41. The normalized spacial score (nSPS) is 19.6. The lowest BCUT2D eigenvalue weighted by molar-refractivity contribution is -0.124. The van der Waals surface area contributed by atoms with Crippen molar-refractivity contribution in [2.45, 2.75) is 12.5 Å². The van der Waals surface area contributed by atoms with Crippen molar-refractivity contribution in [2.24, 2.45) is 0 Å². The maximum atomic E-state index is 13.4. The zero-order valence-corrected chi connectivity index (χ0v) is 12.9. The van der Waals surface area contributed by atoms with Crippen molar-refractivity contribution in [3.63, 3.8) is 0 Å². The van der Waals surface area contributed by atoms with Crippen LogP contribution in [0.15, 0.2) is 18.2 Å². The zero-order valence-electron chi connectivity index (χ0n) is 11.3. The molecule has 9 heteroatoms. The molecule has 1 fully saturated rings. The maximum absolute atomic E-state index is 13.4. The smallest absolute Gasteiger partial charge is 0.341 e. The van der Waals surface area contributed by atoms with E-state index in [2.05, 4.69) is 10.1 Å². The standard InChI is InChI=1S/C13H13ClFNO5S/c14-8-1-2-11(15)10(5-8)13(18)21-6-12(17)16-9-3-4-22(19,20)7-9/h1-2,5,9H,3-4,6-7H2,(H,16,17)/t9-/m1/s1. The van der Waals surface area contributed by atoms with Gasteiger partial charge in [0, 0.05) is 11.1 Å². The molecule has 1 aliphatic heterocycles. The van der Waals surface area contributed by atoms with E-state index in [1.165, 1.54) is 6.07 Å². The van der Waals surface area contributed by atoms with E-state index in [0.29, 0.717) is 6.42 Å². The summed E-state index contributed by atoms with van der Waals surface area (Å²) in [7, 11) is -3.11. The first kappa shape index (κ1) is 16.7. The number of nitrogens with one attached hydrogen (secondary N) is 1. The molecule has 1 atom stereocenters. The van der Waals surface area contributed by atoms with Crippen LogP contribution in [0.3, 0.4) is 0 Å². The molecule has 0 aromatic heterocycles. The van der Waals surface area contributed by atoms with Crippen LogP contribution in [0, 0.1) is 5.82 Å². The summed E-state index contributed by atoms with van der Waals surface area (Å²) in [6.07, 6.45) is 0.324. The lowest BCUT2D eigenvalue weighted by Gasteiger charge is -2.11. The van der Waals surface area contributed by atoms with Crippen LogP contribution >= 0.6 is 11.6 Å². The molecule has 2 rings (SSSR count). The fourth-order valence-electron chi connectivity index (χ4n) is 2.04. The topological polar surface area (TPSA) is 89.5 Å². The Morgan fingerprint density at radius 1 is 1.41 bits per heavy atom. The van der Waals surface area contributed by atoms with Crippen LogP contribution in [-0.4, -0.2) is 44.4 Å². The summed E-state index contributed by atoms with van der Waals surface area (Å²) in [6.45, 7) is -0.624. The van der Waals surface area contributed by atoms with E-state index < -0.39 is 40.2 Å². The minimum atomic E-state index is -3.11. The number of halogens is 2. The van der Waals surface area contributed by atoms with Gasteiger partial charge in [-0.15, -0.1) is 0 Å². The molecule has 1 aromatic rings. The van der Waals surface area contributed by atoms with Gasteiger partial charge in [-0.25, -0.2) is 17.6 Å². The highest BCUT2D eigenvalue weighted by Crippen LogP contribution is 2.16.